The number of rotatable bonds is 7. The molecule has 0 fully saturated rings. The highest BCUT2D eigenvalue weighted by Gasteiger charge is 2.15. The number of nitrogens with one attached hydrogen (secondary N) is 1. The molecule has 0 aliphatic heterocycles. The van der Waals surface area contributed by atoms with Crippen molar-refractivity contribution in [1.29, 1.82) is 0 Å². The number of anilines is 1. The van der Waals surface area contributed by atoms with Gasteiger partial charge < -0.3 is 9.88 Å². The Morgan fingerprint density at radius 2 is 2.07 bits per heavy atom. The van der Waals surface area contributed by atoms with Crippen molar-refractivity contribution in [2.24, 2.45) is 0 Å². The second-order valence-corrected chi connectivity index (χ2v) is 7.98. The third kappa shape index (κ3) is 4.34. The van der Waals surface area contributed by atoms with E-state index in [-0.39, 0.29) is 17.5 Å². The van der Waals surface area contributed by atoms with E-state index in [1.165, 1.54) is 12.1 Å². The fraction of sp³-hybridized carbons (Fsp3) is 0.190. The first-order chi connectivity index (χ1) is 14.5. The summed E-state index contributed by atoms with van der Waals surface area (Å²) < 4.78 is 17.3. The summed E-state index contributed by atoms with van der Waals surface area (Å²) in [6.07, 6.45) is 3.59. The average Bonchev–Trinajstić information content (AvgIpc) is 3.30. The third-order valence-corrected chi connectivity index (χ3v) is 5.46. The minimum absolute atomic E-state index is 0.0707. The number of benzene rings is 2. The van der Waals surface area contributed by atoms with Gasteiger partial charge in [-0.2, -0.15) is 16.9 Å². The van der Waals surface area contributed by atoms with Gasteiger partial charge in [0.05, 0.1) is 34.6 Å². The SMILES string of the molecule is CSCc1nc2ccccc2n1CC(=O)Nc1ccnn1Cc1ccc(Cl)c(F)c1. The van der Waals surface area contributed by atoms with Crippen LogP contribution in [0, 0.1) is 5.82 Å². The molecule has 9 heteroatoms. The van der Waals surface area contributed by atoms with Crippen LogP contribution < -0.4 is 5.32 Å². The van der Waals surface area contributed by atoms with Crippen molar-refractivity contribution in [2.45, 2.75) is 18.8 Å². The molecule has 4 aromatic rings. The summed E-state index contributed by atoms with van der Waals surface area (Å²) in [5.74, 6) is 1.42. The number of fused-ring (bicyclic) bond motifs is 1. The monoisotopic (exact) mass is 443 g/mol. The van der Waals surface area contributed by atoms with Gasteiger partial charge in [0, 0.05) is 6.07 Å². The van der Waals surface area contributed by atoms with Gasteiger partial charge in [0.15, 0.2) is 0 Å². The van der Waals surface area contributed by atoms with Crippen LogP contribution in [0.2, 0.25) is 5.02 Å². The molecule has 0 unspecified atom stereocenters. The van der Waals surface area contributed by atoms with Crippen molar-refractivity contribution in [3.63, 3.8) is 0 Å². The van der Waals surface area contributed by atoms with Gasteiger partial charge >= 0.3 is 0 Å². The van der Waals surface area contributed by atoms with E-state index in [1.54, 1.807) is 34.8 Å². The zero-order valence-electron chi connectivity index (χ0n) is 16.2. The molecule has 6 nitrogen and oxygen atoms in total. The number of thioether (sulfide) groups is 1. The van der Waals surface area contributed by atoms with Crippen molar-refractivity contribution in [3.05, 3.63) is 77.0 Å². The van der Waals surface area contributed by atoms with Crippen LogP contribution in [0.3, 0.4) is 0 Å². The maximum Gasteiger partial charge on any atom is 0.245 e. The van der Waals surface area contributed by atoms with E-state index in [4.69, 9.17) is 11.6 Å². The number of nitrogens with zero attached hydrogens (tertiary/aromatic N) is 4. The summed E-state index contributed by atoms with van der Waals surface area (Å²) in [7, 11) is 0. The van der Waals surface area contributed by atoms with Crippen LogP contribution in [0.25, 0.3) is 11.0 Å². The maximum absolute atomic E-state index is 13.7. The lowest BCUT2D eigenvalue weighted by molar-refractivity contribution is -0.116. The Kier molecular flexibility index (Phi) is 6.06. The topological polar surface area (TPSA) is 64.7 Å². The van der Waals surface area contributed by atoms with Crippen LogP contribution in [0.15, 0.2) is 54.7 Å². The molecular formula is C21H19ClFN5OS. The minimum atomic E-state index is -0.486. The molecule has 4 rings (SSSR count). The Balaban J connectivity index is 1.52. The summed E-state index contributed by atoms with van der Waals surface area (Å²) in [4.78, 5) is 17.4. The van der Waals surface area contributed by atoms with Crippen LogP contribution in [0.4, 0.5) is 10.2 Å². The largest absolute Gasteiger partial charge is 0.318 e. The summed E-state index contributed by atoms with van der Waals surface area (Å²) in [5, 5.41) is 7.20. The maximum atomic E-state index is 13.7. The molecule has 2 heterocycles. The zero-order valence-corrected chi connectivity index (χ0v) is 17.8. The van der Waals surface area contributed by atoms with Gasteiger partial charge in [0.1, 0.15) is 24.0 Å². The fourth-order valence-corrected chi connectivity index (χ4v) is 3.84. The number of carbonyl (C=O) groups excluding carboxylic acids is 1. The predicted octanol–water partition coefficient (Wildman–Crippen LogP) is 4.58. The Hall–Kier alpha value is -2.84. The normalized spacial score (nSPS) is 11.2. The smallest absolute Gasteiger partial charge is 0.245 e. The van der Waals surface area contributed by atoms with Crippen molar-refractivity contribution in [1.82, 2.24) is 19.3 Å². The average molecular weight is 444 g/mol. The number of halogens is 2. The van der Waals surface area contributed by atoms with Crippen molar-refractivity contribution in [2.75, 3.05) is 11.6 Å². The van der Waals surface area contributed by atoms with E-state index in [1.807, 2.05) is 35.1 Å². The Labute approximate surface area is 182 Å². The Bertz CT molecular complexity index is 1210. The number of imidazole rings is 1. The summed E-state index contributed by atoms with van der Waals surface area (Å²) in [6.45, 7) is 0.444. The molecule has 2 aromatic carbocycles. The van der Waals surface area contributed by atoms with E-state index in [9.17, 15) is 9.18 Å². The number of para-hydroxylation sites is 2. The molecule has 2 aromatic heterocycles. The molecule has 0 saturated heterocycles. The summed E-state index contributed by atoms with van der Waals surface area (Å²) in [5.41, 5.74) is 2.48. The van der Waals surface area contributed by atoms with Crippen LogP contribution >= 0.6 is 23.4 Å². The number of carbonyl (C=O) groups is 1. The minimum Gasteiger partial charge on any atom is -0.318 e. The molecule has 0 aliphatic carbocycles. The van der Waals surface area contributed by atoms with Gasteiger partial charge in [-0.25, -0.2) is 14.1 Å². The van der Waals surface area contributed by atoms with Crippen LogP contribution in [0.5, 0.6) is 0 Å². The Morgan fingerprint density at radius 3 is 2.87 bits per heavy atom. The molecule has 0 atom stereocenters. The van der Waals surface area contributed by atoms with Gasteiger partial charge in [-0.3, -0.25) is 4.79 Å². The predicted molar refractivity (Wildman–Crippen MR) is 118 cm³/mol. The van der Waals surface area contributed by atoms with Crippen LogP contribution in [-0.2, 0) is 23.6 Å². The first kappa shape index (κ1) is 20.4. The fourth-order valence-electron chi connectivity index (χ4n) is 3.24. The molecule has 154 valence electrons. The quantitative estimate of drug-likeness (QED) is 0.454. The second-order valence-electron chi connectivity index (χ2n) is 6.71. The van der Waals surface area contributed by atoms with Crippen LogP contribution in [0.1, 0.15) is 11.4 Å². The molecule has 0 saturated carbocycles. The van der Waals surface area contributed by atoms with Gasteiger partial charge in [-0.15, -0.1) is 0 Å². The highest BCUT2D eigenvalue weighted by molar-refractivity contribution is 7.97. The van der Waals surface area contributed by atoms with E-state index >= 15 is 0 Å². The second kappa shape index (κ2) is 8.89. The lowest BCUT2D eigenvalue weighted by atomic mass is 10.2. The standard InChI is InChI=1S/C21H19ClFN5OS/c1-30-13-20-25-17-4-2-3-5-18(17)27(20)12-21(29)26-19-8-9-24-28(19)11-14-6-7-15(22)16(23)10-14/h2-10H,11-13H2,1H3,(H,26,29). The number of hydrogen-bond donors (Lipinski definition) is 1. The molecule has 0 radical (unpaired) electrons. The van der Waals surface area contributed by atoms with Crippen molar-refractivity contribution in [3.8, 4) is 0 Å². The first-order valence-electron chi connectivity index (χ1n) is 9.24. The molecule has 0 bridgehead atoms. The molecule has 1 N–H and O–H groups in total. The summed E-state index contributed by atoms with van der Waals surface area (Å²) in [6, 6.07) is 14.1. The third-order valence-electron chi connectivity index (χ3n) is 4.61. The van der Waals surface area contributed by atoms with E-state index in [0.717, 1.165) is 16.9 Å². The molecule has 30 heavy (non-hydrogen) atoms. The number of amides is 1. The number of hydrogen-bond acceptors (Lipinski definition) is 4. The van der Waals surface area contributed by atoms with Gasteiger partial charge in [0.25, 0.3) is 0 Å². The lowest BCUT2D eigenvalue weighted by Crippen LogP contribution is -2.22. The van der Waals surface area contributed by atoms with E-state index < -0.39 is 5.82 Å². The molecule has 0 spiro atoms. The molecule has 1 amide bonds. The van der Waals surface area contributed by atoms with Crippen LogP contribution in [-0.4, -0.2) is 31.5 Å². The van der Waals surface area contributed by atoms with Gasteiger partial charge in [-0.05, 0) is 36.1 Å². The first-order valence-corrected chi connectivity index (χ1v) is 11.0. The van der Waals surface area contributed by atoms with E-state index in [0.29, 0.717) is 23.7 Å². The van der Waals surface area contributed by atoms with Crippen molar-refractivity contribution < 1.29 is 9.18 Å². The van der Waals surface area contributed by atoms with Crippen molar-refractivity contribution >= 4 is 46.1 Å². The molecule has 0 aliphatic rings. The molecular weight excluding hydrogens is 425 g/mol. The zero-order chi connectivity index (χ0) is 21.1. The highest BCUT2D eigenvalue weighted by Crippen LogP contribution is 2.20. The Morgan fingerprint density at radius 1 is 1.23 bits per heavy atom. The van der Waals surface area contributed by atoms with Gasteiger partial charge in [-0.1, -0.05) is 29.8 Å². The highest BCUT2D eigenvalue weighted by atomic mass is 35.5. The lowest BCUT2D eigenvalue weighted by Gasteiger charge is -2.12. The summed E-state index contributed by atoms with van der Waals surface area (Å²) >= 11 is 7.40. The van der Waals surface area contributed by atoms with E-state index in [2.05, 4.69) is 15.4 Å². The number of aromatic nitrogens is 4. The van der Waals surface area contributed by atoms with Gasteiger partial charge in [0.2, 0.25) is 5.91 Å².